The molecule has 4 heteroatoms. The summed E-state index contributed by atoms with van der Waals surface area (Å²) in [5.41, 5.74) is 1.11. The van der Waals surface area contributed by atoms with Crippen LogP contribution in [-0.2, 0) is 4.79 Å². The van der Waals surface area contributed by atoms with Gasteiger partial charge in [0.1, 0.15) is 5.58 Å². The summed E-state index contributed by atoms with van der Waals surface area (Å²) in [5, 5.41) is 9.61. The molecule has 1 aromatic carbocycles. The van der Waals surface area contributed by atoms with Crippen LogP contribution in [0.3, 0.4) is 0 Å². The number of hydrogen-bond donors (Lipinski definition) is 1. The van der Waals surface area contributed by atoms with Gasteiger partial charge in [-0.15, -0.1) is 0 Å². The van der Waals surface area contributed by atoms with Gasteiger partial charge in [0.2, 0.25) is 0 Å². The third-order valence-corrected chi connectivity index (χ3v) is 2.56. The molecule has 17 heavy (non-hydrogen) atoms. The van der Waals surface area contributed by atoms with Gasteiger partial charge in [-0.1, -0.05) is 18.7 Å². The maximum Gasteiger partial charge on any atom is 0.336 e. The number of benzene rings is 1. The Bertz CT molecular complexity index is 679. The summed E-state index contributed by atoms with van der Waals surface area (Å²) >= 11 is 0. The summed E-state index contributed by atoms with van der Waals surface area (Å²) in [4.78, 5) is 22.0. The highest BCUT2D eigenvalue weighted by Gasteiger charge is 2.09. The van der Waals surface area contributed by atoms with Gasteiger partial charge in [0.15, 0.2) is 0 Å². The van der Waals surface area contributed by atoms with Crippen molar-refractivity contribution in [1.29, 1.82) is 0 Å². The lowest BCUT2D eigenvalue weighted by Crippen LogP contribution is -2.00. The molecule has 0 fully saturated rings. The molecular weight excluding hydrogens is 220 g/mol. The van der Waals surface area contributed by atoms with Crippen LogP contribution in [0.15, 0.2) is 40.1 Å². The summed E-state index contributed by atoms with van der Waals surface area (Å²) in [6.07, 6.45) is 0. The van der Waals surface area contributed by atoms with E-state index in [0.717, 1.165) is 10.9 Å². The van der Waals surface area contributed by atoms with Crippen molar-refractivity contribution in [2.75, 3.05) is 0 Å². The van der Waals surface area contributed by atoms with E-state index in [0.29, 0.717) is 11.1 Å². The minimum atomic E-state index is -1.10. The first-order chi connectivity index (χ1) is 7.99. The summed E-state index contributed by atoms with van der Waals surface area (Å²) in [6.45, 7) is 5.25. The van der Waals surface area contributed by atoms with Crippen molar-refractivity contribution >= 4 is 22.5 Å². The third-order valence-electron chi connectivity index (χ3n) is 2.56. The van der Waals surface area contributed by atoms with Crippen LogP contribution in [0, 0.1) is 6.92 Å². The molecular formula is C13H10O4. The number of carboxylic acids is 1. The van der Waals surface area contributed by atoms with E-state index in [9.17, 15) is 9.59 Å². The van der Waals surface area contributed by atoms with Gasteiger partial charge in [-0.3, -0.25) is 0 Å². The normalized spacial score (nSPS) is 10.4. The van der Waals surface area contributed by atoms with Gasteiger partial charge in [0.25, 0.3) is 0 Å². The van der Waals surface area contributed by atoms with Crippen LogP contribution in [0.2, 0.25) is 0 Å². The molecule has 2 aromatic rings. The molecule has 86 valence electrons. The predicted molar refractivity (Wildman–Crippen MR) is 63.9 cm³/mol. The largest absolute Gasteiger partial charge is 0.478 e. The summed E-state index contributed by atoms with van der Waals surface area (Å²) < 4.78 is 5.02. The molecule has 2 rings (SSSR count). The van der Waals surface area contributed by atoms with Crippen molar-refractivity contribution < 1.29 is 14.3 Å². The fourth-order valence-electron chi connectivity index (χ4n) is 1.64. The highest BCUT2D eigenvalue weighted by Crippen LogP contribution is 2.21. The molecule has 0 bridgehead atoms. The topological polar surface area (TPSA) is 67.5 Å². The Kier molecular flexibility index (Phi) is 2.55. The second-order valence-corrected chi connectivity index (χ2v) is 3.74. The molecule has 1 N–H and O–H groups in total. The van der Waals surface area contributed by atoms with E-state index >= 15 is 0 Å². The standard InChI is InChI=1S/C13H10O4/c1-7-5-12(14)17-11-6-9(3-4-10(7)11)8(2)13(15)16/h3-6H,2H2,1H3,(H,15,16). The van der Waals surface area contributed by atoms with Gasteiger partial charge in [0.05, 0.1) is 5.57 Å². The monoisotopic (exact) mass is 230 g/mol. The van der Waals surface area contributed by atoms with Crippen molar-refractivity contribution in [2.24, 2.45) is 0 Å². The number of aliphatic carboxylic acids is 1. The molecule has 0 aliphatic carbocycles. The minimum Gasteiger partial charge on any atom is -0.478 e. The van der Waals surface area contributed by atoms with Crippen LogP contribution in [-0.4, -0.2) is 11.1 Å². The Balaban J connectivity index is 2.70. The lowest BCUT2D eigenvalue weighted by molar-refractivity contribution is -0.130. The van der Waals surface area contributed by atoms with E-state index < -0.39 is 11.6 Å². The van der Waals surface area contributed by atoms with Crippen LogP contribution in [0.4, 0.5) is 0 Å². The minimum absolute atomic E-state index is 0.0314. The second-order valence-electron chi connectivity index (χ2n) is 3.74. The summed E-state index contributed by atoms with van der Waals surface area (Å²) in [7, 11) is 0. The first-order valence-corrected chi connectivity index (χ1v) is 4.96. The number of carboxylic acid groups (broad SMARTS) is 1. The number of rotatable bonds is 2. The van der Waals surface area contributed by atoms with E-state index in [1.807, 2.05) is 0 Å². The van der Waals surface area contributed by atoms with Crippen LogP contribution < -0.4 is 5.63 Å². The molecule has 0 spiro atoms. The SMILES string of the molecule is C=C(C(=O)O)c1ccc2c(C)cc(=O)oc2c1. The van der Waals surface area contributed by atoms with E-state index in [1.54, 1.807) is 19.1 Å². The van der Waals surface area contributed by atoms with E-state index in [2.05, 4.69) is 6.58 Å². The molecule has 1 aromatic heterocycles. The fraction of sp³-hybridized carbons (Fsp3) is 0.0769. The van der Waals surface area contributed by atoms with Gasteiger partial charge in [-0.05, 0) is 24.1 Å². The van der Waals surface area contributed by atoms with Crippen LogP contribution in [0.1, 0.15) is 11.1 Å². The Morgan fingerprint density at radius 2 is 2.06 bits per heavy atom. The van der Waals surface area contributed by atoms with Gasteiger partial charge < -0.3 is 9.52 Å². The number of hydrogen-bond acceptors (Lipinski definition) is 3. The summed E-state index contributed by atoms with van der Waals surface area (Å²) in [6, 6.07) is 6.27. The van der Waals surface area contributed by atoms with Gasteiger partial charge in [-0.25, -0.2) is 9.59 Å². The van der Waals surface area contributed by atoms with Crippen LogP contribution in [0.5, 0.6) is 0 Å². The Hall–Kier alpha value is -2.36. The lowest BCUT2D eigenvalue weighted by Gasteiger charge is -2.04. The van der Waals surface area contributed by atoms with Gasteiger partial charge in [-0.2, -0.15) is 0 Å². The van der Waals surface area contributed by atoms with Crippen LogP contribution in [0.25, 0.3) is 16.5 Å². The molecule has 0 saturated carbocycles. The maximum absolute atomic E-state index is 11.2. The third kappa shape index (κ3) is 1.97. The highest BCUT2D eigenvalue weighted by molar-refractivity contribution is 6.15. The zero-order valence-corrected chi connectivity index (χ0v) is 9.19. The van der Waals surface area contributed by atoms with Crippen molar-refractivity contribution in [3.63, 3.8) is 0 Å². The molecule has 0 aliphatic rings. The maximum atomic E-state index is 11.2. The predicted octanol–water partition coefficient (Wildman–Crippen LogP) is 2.20. The number of aryl methyl sites for hydroxylation is 1. The van der Waals surface area contributed by atoms with Crippen LogP contribution >= 0.6 is 0 Å². The lowest BCUT2D eigenvalue weighted by atomic mass is 10.0. The molecule has 0 atom stereocenters. The zero-order valence-electron chi connectivity index (χ0n) is 9.19. The molecule has 0 unspecified atom stereocenters. The highest BCUT2D eigenvalue weighted by atomic mass is 16.4. The first-order valence-electron chi connectivity index (χ1n) is 4.96. The van der Waals surface area contributed by atoms with E-state index in [-0.39, 0.29) is 5.57 Å². The van der Waals surface area contributed by atoms with Gasteiger partial charge >= 0.3 is 11.6 Å². The molecule has 0 amide bonds. The average Bonchev–Trinajstić information content (AvgIpc) is 2.26. The molecule has 4 nitrogen and oxygen atoms in total. The fourth-order valence-corrected chi connectivity index (χ4v) is 1.64. The smallest absolute Gasteiger partial charge is 0.336 e. The van der Waals surface area contributed by atoms with Crippen molar-refractivity contribution in [3.8, 4) is 0 Å². The molecule has 0 radical (unpaired) electrons. The molecule has 0 saturated heterocycles. The Morgan fingerprint density at radius 1 is 1.35 bits per heavy atom. The average molecular weight is 230 g/mol. The first kappa shape index (κ1) is 11.1. The van der Waals surface area contributed by atoms with Crippen molar-refractivity contribution in [2.45, 2.75) is 6.92 Å². The van der Waals surface area contributed by atoms with Crippen molar-refractivity contribution in [3.05, 3.63) is 52.4 Å². The number of carbonyl (C=O) groups is 1. The molecule has 1 heterocycles. The summed E-state index contributed by atoms with van der Waals surface area (Å²) in [5.74, 6) is -1.10. The van der Waals surface area contributed by atoms with E-state index in [1.165, 1.54) is 12.1 Å². The van der Waals surface area contributed by atoms with Gasteiger partial charge in [0, 0.05) is 11.5 Å². The Labute approximate surface area is 96.8 Å². The molecule has 0 aliphatic heterocycles. The second kappa shape index (κ2) is 3.90. The quantitative estimate of drug-likeness (QED) is 0.634. The zero-order chi connectivity index (χ0) is 12.6. The number of fused-ring (bicyclic) bond motifs is 1. The Morgan fingerprint density at radius 3 is 2.71 bits per heavy atom. The van der Waals surface area contributed by atoms with Crippen molar-refractivity contribution in [1.82, 2.24) is 0 Å². The van der Waals surface area contributed by atoms with E-state index in [4.69, 9.17) is 9.52 Å².